The summed E-state index contributed by atoms with van der Waals surface area (Å²) in [5.74, 6) is -0.0585. The molecule has 0 aromatic heterocycles. The summed E-state index contributed by atoms with van der Waals surface area (Å²) < 4.78 is 5.48. The summed E-state index contributed by atoms with van der Waals surface area (Å²) in [6.45, 7) is 4.90. The van der Waals surface area contributed by atoms with Crippen molar-refractivity contribution in [3.8, 4) is 0 Å². The zero-order valence-corrected chi connectivity index (χ0v) is 45.9. The summed E-state index contributed by atoms with van der Waals surface area (Å²) in [6, 6.07) is -0.625. The first-order valence-corrected chi connectivity index (χ1v) is 30.6. The molecule has 402 valence electrons. The van der Waals surface area contributed by atoms with E-state index >= 15 is 0 Å². The standard InChI is InChI=1S/C62H119NO5/c1-3-5-7-9-11-13-15-17-32-36-40-44-48-52-56-62(67)68-57-53-49-45-41-37-33-30-28-26-24-22-20-18-19-21-23-25-27-29-31-35-39-43-47-51-55-61(66)63-59(58-64)60(65)54-50-46-42-38-34-16-14-12-10-8-6-4-2/h15,17,50,54,59-60,64-65H,3-14,16,18-49,51-53,55-58H2,1-2H3,(H,63,66)/b17-15-,54-50+. The first-order valence-electron chi connectivity index (χ1n) is 30.6. The van der Waals surface area contributed by atoms with Crippen molar-refractivity contribution in [1.82, 2.24) is 5.32 Å². The van der Waals surface area contributed by atoms with Crippen LogP contribution in [0.15, 0.2) is 24.3 Å². The van der Waals surface area contributed by atoms with Gasteiger partial charge in [0.1, 0.15) is 0 Å². The summed E-state index contributed by atoms with van der Waals surface area (Å²) in [6.07, 6.45) is 70.8. The predicted octanol–water partition coefficient (Wildman–Crippen LogP) is 19.0. The number of nitrogens with one attached hydrogen (secondary N) is 1. The van der Waals surface area contributed by atoms with Gasteiger partial charge in [-0.15, -0.1) is 0 Å². The fourth-order valence-electron chi connectivity index (χ4n) is 9.51. The molecule has 0 spiro atoms. The lowest BCUT2D eigenvalue weighted by molar-refractivity contribution is -0.143. The molecule has 3 N–H and O–H groups in total. The SMILES string of the molecule is CCCCCCC/C=C\CCCCCCCC(=O)OCCCCCCCCCCCCCCCCCCCCCCCCCCCC(=O)NC(CO)C(O)/C=C/CCCCCCCCCCCC. The number of unbranched alkanes of at least 4 members (excludes halogenated alkanes) is 44. The normalized spacial score (nSPS) is 12.7. The van der Waals surface area contributed by atoms with E-state index in [1.54, 1.807) is 6.08 Å². The van der Waals surface area contributed by atoms with E-state index in [-0.39, 0.29) is 18.5 Å². The fourth-order valence-corrected chi connectivity index (χ4v) is 9.51. The number of esters is 1. The Kier molecular flexibility index (Phi) is 56.5. The Hall–Kier alpha value is -1.66. The van der Waals surface area contributed by atoms with Gasteiger partial charge in [0.05, 0.1) is 25.4 Å². The summed E-state index contributed by atoms with van der Waals surface area (Å²) in [4.78, 5) is 24.5. The van der Waals surface area contributed by atoms with E-state index in [9.17, 15) is 19.8 Å². The van der Waals surface area contributed by atoms with Crippen molar-refractivity contribution in [3.05, 3.63) is 24.3 Å². The summed E-state index contributed by atoms with van der Waals surface area (Å²) >= 11 is 0. The zero-order valence-electron chi connectivity index (χ0n) is 45.9. The number of allylic oxidation sites excluding steroid dienone is 3. The van der Waals surface area contributed by atoms with E-state index in [1.165, 1.54) is 263 Å². The van der Waals surface area contributed by atoms with E-state index in [1.807, 2.05) is 6.08 Å². The molecule has 0 aliphatic carbocycles. The number of carbonyl (C=O) groups is 2. The van der Waals surface area contributed by atoms with Crippen molar-refractivity contribution in [2.45, 2.75) is 347 Å². The lowest BCUT2D eigenvalue weighted by atomic mass is 10.0. The van der Waals surface area contributed by atoms with Crippen molar-refractivity contribution in [1.29, 1.82) is 0 Å². The molecule has 0 aromatic carbocycles. The number of rotatable bonds is 57. The molecule has 6 heteroatoms. The van der Waals surface area contributed by atoms with Crippen LogP contribution in [0.2, 0.25) is 0 Å². The molecule has 68 heavy (non-hydrogen) atoms. The monoisotopic (exact) mass is 958 g/mol. The zero-order chi connectivity index (χ0) is 49.3. The van der Waals surface area contributed by atoms with E-state index in [0.29, 0.717) is 19.4 Å². The van der Waals surface area contributed by atoms with Gasteiger partial charge in [0.15, 0.2) is 0 Å². The van der Waals surface area contributed by atoms with Crippen LogP contribution in [0.5, 0.6) is 0 Å². The quantitative estimate of drug-likeness (QED) is 0.0321. The van der Waals surface area contributed by atoms with Crippen LogP contribution in [0.25, 0.3) is 0 Å². The fraction of sp³-hybridized carbons (Fsp3) is 0.903. The molecule has 0 fully saturated rings. The molecule has 0 aromatic rings. The molecule has 0 aliphatic rings. The topological polar surface area (TPSA) is 95.9 Å². The van der Waals surface area contributed by atoms with E-state index in [0.717, 1.165) is 44.9 Å². The van der Waals surface area contributed by atoms with Crippen LogP contribution in [-0.4, -0.2) is 47.4 Å². The molecule has 0 rings (SSSR count). The largest absolute Gasteiger partial charge is 0.466 e. The van der Waals surface area contributed by atoms with Gasteiger partial charge in [0.25, 0.3) is 0 Å². The first kappa shape index (κ1) is 66.3. The Morgan fingerprint density at radius 1 is 0.397 bits per heavy atom. The molecular formula is C62H119NO5. The minimum absolute atomic E-state index is 0.00751. The van der Waals surface area contributed by atoms with Crippen molar-refractivity contribution in [2.75, 3.05) is 13.2 Å². The molecule has 0 aliphatic heterocycles. The van der Waals surface area contributed by atoms with Gasteiger partial charge in [0, 0.05) is 12.8 Å². The summed E-state index contributed by atoms with van der Waals surface area (Å²) in [5.41, 5.74) is 0. The summed E-state index contributed by atoms with van der Waals surface area (Å²) in [5, 5.41) is 23.1. The smallest absolute Gasteiger partial charge is 0.305 e. The van der Waals surface area contributed by atoms with Crippen LogP contribution >= 0.6 is 0 Å². The molecule has 0 saturated carbocycles. The summed E-state index contributed by atoms with van der Waals surface area (Å²) in [7, 11) is 0. The van der Waals surface area contributed by atoms with E-state index < -0.39 is 12.1 Å². The third-order valence-corrected chi connectivity index (χ3v) is 14.2. The molecule has 0 radical (unpaired) electrons. The van der Waals surface area contributed by atoms with Crippen molar-refractivity contribution in [3.63, 3.8) is 0 Å². The third-order valence-electron chi connectivity index (χ3n) is 14.2. The second kappa shape index (κ2) is 57.9. The Balaban J connectivity index is 3.36. The second-order valence-electron chi connectivity index (χ2n) is 21.0. The van der Waals surface area contributed by atoms with Crippen LogP contribution < -0.4 is 5.32 Å². The third kappa shape index (κ3) is 53.7. The highest BCUT2D eigenvalue weighted by atomic mass is 16.5. The van der Waals surface area contributed by atoms with Gasteiger partial charge in [-0.3, -0.25) is 9.59 Å². The molecule has 0 saturated heterocycles. The molecule has 1 amide bonds. The molecular weight excluding hydrogens is 839 g/mol. The number of aliphatic hydroxyl groups is 2. The molecule has 0 bridgehead atoms. The molecule has 2 unspecified atom stereocenters. The van der Waals surface area contributed by atoms with Gasteiger partial charge < -0.3 is 20.3 Å². The van der Waals surface area contributed by atoms with Crippen LogP contribution in [0.1, 0.15) is 335 Å². The number of carbonyl (C=O) groups excluding carboxylic acids is 2. The maximum absolute atomic E-state index is 12.4. The van der Waals surface area contributed by atoms with Crippen molar-refractivity contribution >= 4 is 11.9 Å². The number of aliphatic hydroxyl groups excluding tert-OH is 2. The molecule has 2 atom stereocenters. The van der Waals surface area contributed by atoms with Crippen LogP contribution in [-0.2, 0) is 14.3 Å². The van der Waals surface area contributed by atoms with Gasteiger partial charge in [-0.25, -0.2) is 0 Å². The Bertz CT molecular complexity index is 1060. The Morgan fingerprint density at radius 3 is 1.04 bits per heavy atom. The van der Waals surface area contributed by atoms with Crippen LogP contribution in [0.4, 0.5) is 0 Å². The van der Waals surface area contributed by atoms with Gasteiger partial charge in [-0.2, -0.15) is 0 Å². The predicted molar refractivity (Wildman–Crippen MR) is 296 cm³/mol. The van der Waals surface area contributed by atoms with Gasteiger partial charge in [0.2, 0.25) is 5.91 Å². The van der Waals surface area contributed by atoms with Crippen LogP contribution in [0, 0.1) is 0 Å². The van der Waals surface area contributed by atoms with Crippen molar-refractivity contribution in [2.24, 2.45) is 0 Å². The number of hydrogen-bond acceptors (Lipinski definition) is 5. The molecule has 6 nitrogen and oxygen atoms in total. The minimum Gasteiger partial charge on any atom is -0.466 e. The maximum atomic E-state index is 12.4. The Labute approximate surface area is 424 Å². The average molecular weight is 959 g/mol. The van der Waals surface area contributed by atoms with Gasteiger partial charge >= 0.3 is 5.97 Å². The average Bonchev–Trinajstić information content (AvgIpc) is 3.34. The number of ether oxygens (including phenoxy) is 1. The minimum atomic E-state index is -0.841. The van der Waals surface area contributed by atoms with Crippen molar-refractivity contribution < 1.29 is 24.5 Å². The lowest BCUT2D eigenvalue weighted by Gasteiger charge is -2.20. The van der Waals surface area contributed by atoms with Gasteiger partial charge in [-0.1, -0.05) is 289 Å². The highest BCUT2D eigenvalue weighted by molar-refractivity contribution is 5.76. The van der Waals surface area contributed by atoms with E-state index in [4.69, 9.17) is 4.74 Å². The lowest BCUT2D eigenvalue weighted by Crippen LogP contribution is -2.45. The number of hydrogen-bond donors (Lipinski definition) is 3. The highest BCUT2D eigenvalue weighted by Gasteiger charge is 2.18. The van der Waals surface area contributed by atoms with Gasteiger partial charge in [-0.05, 0) is 57.8 Å². The van der Waals surface area contributed by atoms with Crippen LogP contribution in [0.3, 0.4) is 0 Å². The second-order valence-corrected chi connectivity index (χ2v) is 21.0. The Morgan fingerprint density at radius 2 is 0.691 bits per heavy atom. The number of amides is 1. The molecule has 0 heterocycles. The van der Waals surface area contributed by atoms with E-state index in [2.05, 4.69) is 31.3 Å². The first-order chi connectivity index (χ1) is 33.5. The highest BCUT2D eigenvalue weighted by Crippen LogP contribution is 2.17. The maximum Gasteiger partial charge on any atom is 0.305 e.